The van der Waals surface area contributed by atoms with Crippen molar-refractivity contribution in [3.63, 3.8) is 0 Å². The molecule has 0 rings (SSSR count). The number of ether oxygens (including phenoxy) is 4. The molecule has 1 unspecified atom stereocenters. The van der Waals surface area contributed by atoms with E-state index in [1.807, 2.05) is 0 Å². The fraction of sp³-hybridized carbons (Fsp3) is 0.840. The molecule has 0 aromatic carbocycles. The summed E-state index contributed by atoms with van der Waals surface area (Å²) in [6.45, 7) is 6.96. The number of carbonyl (C=O) groups is 4. The average Bonchev–Trinajstić information content (AvgIpc) is 2.80. The fourth-order valence-electron chi connectivity index (χ4n) is 2.33. The third kappa shape index (κ3) is 18.4. The number of hydrogen-bond acceptors (Lipinski definition) is 8. The second-order valence-electron chi connectivity index (χ2n) is 10.0. The summed E-state index contributed by atoms with van der Waals surface area (Å²) in [6.07, 6.45) is -2.80. The Morgan fingerprint density at radius 2 is 0.902 bits per heavy atom. The molecule has 0 spiro atoms. The predicted molar refractivity (Wildman–Crippen MR) is 128 cm³/mol. The molecule has 0 radical (unpaired) electrons. The van der Waals surface area contributed by atoms with Crippen LogP contribution < -0.4 is 0 Å². The van der Waals surface area contributed by atoms with Crippen molar-refractivity contribution in [2.45, 2.75) is 97.8 Å². The van der Waals surface area contributed by atoms with Crippen LogP contribution in [0.2, 0.25) is 0 Å². The summed E-state index contributed by atoms with van der Waals surface area (Å²) >= 11 is 0. The van der Waals surface area contributed by atoms with Crippen molar-refractivity contribution < 1.29 is 73.2 Å². The molecule has 8 nitrogen and oxygen atoms in total. The zero-order chi connectivity index (χ0) is 32.9. The number of hydrogen-bond donors (Lipinski definition) is 0. The van der Waals surface area contributed by atoms with Gasteiger partial charge >= 0.3 is 35.7 Å². The normalized spacial score (nSPS) is 13.3. The quantitative estimate of drug-likeness (QED) is 0.0900. The van der Waals surface area contributed by atoms with E-state index in [-0.39, 0.29) is 19.8 Å². The highest BCUT2D eigenvalue weighted by molar-refractivity contribution is 5.78. The van der Waals surface area contributed by atoms with E-state index in [0.29, 0.717) is 12.8 Å². The van der Waals surface area contributed by atoms with Gasteiger partial charge in [-0.2, -0.15) is 17.6 Å². The Morgan fingerprint density at radius 1 is 0.585 bits per heavy atom. The first-order chi connectivity index (χ1) is 18.3. The van der Waals surface area contributed by atoms with Crippen LogP contribution in [0.3, 0.4) is 0 Å². The van der Waals surface area contributed by atoms with Gasteiger partial charge in [0.05, 0.1) is 24.2 Å². The Labute approximate surface area is 233 Å². The number of halogens is 8. The lowest BCUT2D eigenvalue weighted by atomic mass is 9.91. The van der Waals surface area contributed by atoms with Crippen LogP contribution in [-0.4, -0.2) is 74.0 Å². The maximum atomic E-state index is 13.1. The largest absolute Gasteiger partial charge is 0.462 e. The monoisotopic (exact) mass is 618 g/mol. The van der Waals surface area contributed by atoms with E-state index < -0.39 is 92.3 Å². The van der Waals surface area contributed by atoms with E-state index in [0.717, 1.165) is 0 Å². The smallest absolute Gasteiger partial charge is 0.377 e. The highest BCUT2D eigenvalue weighted by Gasteiger charge is 2.48. The predicted octanol–water partition coefficient (Wildman–Crippen LogP) is 5.99. The van der Waals surface area contributed by atoms with Gasteiger partial charge in [0.1, 0.15) is 26.4 Å². The molecule has 0 heterocycles. The van der Waals surface area contributed by atoms with Gasteiger partial charge < -0.3 is 18.9 Å². The lowest BCUT2D eigenvalue weighted by Gasteiger charge is -2.21. The van der Waals surface area contributed by atoms with Crippen molar-refractivity contribution in [3.05, 3.63) is 0 Å². The molecule has 0 fully saturated rings. The maximum absolute atomic E-state index is 13.1. The maximum Gasteiger partial charge on any atom is 0.377 e. The summed E-state index contributed by atoms with van der Waals surface area (Å²) in [5.74, 6) is -21.5. The minimum Gasteiger partial charge on any atom is -0.462 e. The molecule has 0 saturated carbocycles. The number of esters is 4. The summed E-state index contributed by atoms with van der Waals surface area (Å²) < 4.78 is 120. The molecule has 16 heteroatoms. The van der Waals surface area contributed by atoms with E-state index in [2.05, 4.69) is 14.2 Å². The molecule has 0 aliphatic rings. The topological polar surface area (TPSA) is 105 Å². The van der Waals surface area contributed by atoms with E-state index in [9.17, 15) is 54.3 Å². The highest BCUT2D eigenvalue weighted by Crippen LogP contribution is 2.32. The van der Waals surface area contributed by atoms with Gasteiger partial charge in [0.2, 0.25) is 0 Å². The van der Waals surface area contributed by atoms with E-state index in [1.165, 1.54) is 0 Å². The molecular formula is C25H38F8O8. The second-order valence-corrected chi connectivity index (χ2v) is 10.0. The first kappa shape index (κ1) is 40.5. The van der Waals surface area contributed by atoms with Crippen molar-refractivity contribution >= 4 is 23.9 Å². The van der Waals surface area contributed by atoms with Crippen LogP contribution in [-0.2, 0) is 38.1 Å². The van der Waals surface area contributed by atoms with Crippen molar-refractivity contribution in [1.82, 2.24) is 0 Å². The lowest BCUT2D eigenvalue weighted by molar-refractivity contribution is -0.185. The molecule has 0 aliphatic heterocycles. The minimum atomic E-state index is -4.29. The zero-order valence-corrected chi connectivity index (χ0v) is 24.0. The number of alkyl halides is 8. The molecule has 1 atom stereocenters. The molecule has 0 aromatic heterocycles. The Hall–Kier alpha value is -2.68. The molecule has 0 bridgehead atoms. The van der Waals surface area contributed by atoms with Crippen LogP contribution in [0.15, 0.2) is 0 Å². The second kappa shape index (κ2) is 16.7. The van der Waals surface area contributed by atoms with Crippen LogP contribution in [0.5, 0.6) is 0 Å². The molecule has 0 saturated heterocycles. The molecule has 242 valence electrons. The standard InChI is InChI=1S/C13H20F4O4.C12H18F4O4/c1-5-11(2,3)9(18)20-6-7-21-10(19)13(16,17)8-12(4,14)15;1-4-8(2)9(17)19-5-6-20-10(18)12(15,16)7-11(3,13)14/h5-8H2,1-4H3;8H,4-7H2,1-3H3. The molecule has 0 aliphatic carbocycles. The fourth-order valence-corrected chi connectivity index (χ4v) is 2.33. The molecule has 0 amide bonds. The van der Waals surface area contributed by atoms with Crippen LogP contribution in [0.4, 0.5) is 35.1 Å². The van der Waals surface area contributed by atoms with Crippen LogP contribution in [0.1, 0.15) is 74.1 Å². The molecular weight excluding hydrogens is 580 g/mol. The van der Waals surface area contributed by atoms with Gasteiger partial charge in [-0.1, -0.05) is 20.8 Å². The third-order valence-electron chi connectivity index (χ3n) is 5.22. The van der Waals surface area contributed by atoms with Gasteiger partial charge in [0, 0.05) is 0 Å². The Kier molecular flexibility index (Phi) is 16.5. The zero-order valence-electron chi connectivity index (χ0n) is 24.0. The summed E-state index contributed by atoms with van der Waals surface area (Å²) in [7, 11) is 0. The van der Waals surface area contributed by atoms with Gasteiger partial charge in [-0.15, -0.1) is 0 Å². The Balaban J connectivity index is 0. The lowest BCUT2D eigenvalue weighted by Crippen LogP contribution is -2.37. The van der Waals surface area contributed by atoms with Gasteiger partial charge in [-0.05, 0) is 40.5 Å². The van der Waals surface area contributed by atoms with Crippen LogP contribution in [0.25, 0.3) is 0 Å². The van der Waals surface area contributed by atoms with Crippen LogP contribution in [0, 0.1) is 11.3 Å². The van der Waals surface area contributed by atoms with Crippen molar-refractivity contribution in [1.29, 1.82) is 0 Å². The van der Waals surface area contributed by atoms with E-state index >= 15 is 0 Å². The van der Waals surface area contributed by atoms with Gasteiger partial charge in [0.25, 0.3) is 11.8 Å². The minimum absolute atomic E-state index is 0.280. The van der Waals surface area contributed by atoms with E-state index in [4.69, 9.17) is 4.74 Å². The molecule has 41 heavy (non-hydrogen) atoms. The first-order valence-electron chi connectivity index (χ1n) is 12.5. The van der Waals surface area contributed by atoms with Crippen molar-refractivity contribution in [2.75, 3.05) is 26.4 Å². The number of rotatable bonds is 16. The highest BCUT2D eigenvalue weighted by atomic mass is 19.3. The molecule has 0 N–H and O–H groups in total. The third-order valence-corrected chi connectivity index (χ3v) is 5.22. The van der Waals surface area contributed by atoms with Gasteiger partial charge in [-0.25, -0.2) is 27.2 Å². The summed E-state index contributed by atoms with van der Waals surface area (Å²) in [4.78, 5) is 44.6. The summed E-state index contributed by atoms with van der Waals surface area (Å²) in [5.41, 5.74) is -0.738. The van der Waals surface area contributed by atoms with Crippen molar-refractivity contribution in [2.24, 2.45) is 11.3 Å². The Morgan fingerprint density at radius 3 is 1.20 bits per heavy atom. The van der Waals surface area contributed by atoms with Gasteiger partial charge in [0.15, 0.2) is 0 Å². The van der Waals surface area contributed by atoms with Crippen LogP contribution >= 0.6 is 0 Å². The molecule has 0 aromatic rings. The summed E-state index contributed by atoms with van der Waals surface area (Å²) in [6, 6.07) is 0. The average molecular weight is 619 g/mol. The number of carbonyl (C=O) groups excluding carboxylic acids is 4. The van der Waals surface area contributed by atoms with Crippen molar-refractivity contribution in [3.8, 4) is 0 Å². The SMILES string of the molecule is CCC(C)(C)C(=O)OCCOC(=O)C(F)(F)CC(C)(F)F.CCC(C)C(=O)OCCOC(=O)C(F)(F)CC(C)(F)F. The Bertz CT molecular complexity index is 852. The summed E-state index contributed by atoms with van der Waals surface area (Å²) in [5, 5.41) is 0. The first-order valence-corrected chi connectivity index (χ1v) is 12.5. The van der Waals surface area contributed by atoms with E-state index in [1.54, 1.807) is 34.6 Å². The van der Waals surface area contributed by atoms with Gasteiger partial charge in [-0.3, -0.25) is 9.59 Å².